The Labute approximate surface area is 53.9 Å². The molecule has 0 aliphatic carbocycles. The van der Waals surface area contributed by atoms with Gasteiger partial charge in [-0.2, -0.15) is 0 Å². The SMILES string of the molecule is CO[C@H]1CC(=O)CCO1. The van der Waals surface area contributed by atoms with E-state index < -0.39 is 0 Å². The van der Waals surface area contributed by atoms with Crippen molar-refractivity contribution in [2.24, 2.45) is 0 Å². The maximum absolute atomic E-state index is 10.7. The van der Waals surface area contributed by atoms with Gasteiger partial charge in [-0.05, 0) is 0 Å². The van der Waals surface area contributed by atoms with Crippen molar-refractivity contribution in [2.45, 2.75) is 19.1 Å². The van der Waals surface area contributed by atoms with E-state index in [1.54, 1.807) is 7.11 Å². The molecule has 52 valence electrons. The molecule has 1 fully saturated rings. The van der Waals surface area contributed by atoms with Gasteiger partial charge in [0.2, 0.25) is 0 Å². The number of hydrogen-bond acceptors (Lipinski definition) is 3. The Kier molecular flexibility index (Phi) is 2.19. The first-order chi connectivity index (χ1) is 4.33. The molecule has 1 aliphatic rings. The van der Waals surface area contributed by atoms with E-state index in [0.717, 1.165) is 0 Å². The molecule has 1 atom stereocenters. The van der Waals surface area contributed by atoms with Crippen molar-refractivity contribution in [1.82, 2.24) is 0 Å². The van der Waals surface area contributed by atoms with Gasteiger partial charge in [-0.3, -0.25) is 4.79 Å². The van der Waals surface area contributed by atoms with Crippen molar-refractivity contribution in [3.8, 4) is 0 Å². The molecule has 0 bridgehead atoms. The standard InChI is InChI=1S/C6H10O3/c1-8-6-4-5(7)2-3-9-6/h6H,2-4H2,1H3/t6-/m1/s1. The average Bonchev–Trinajstić information content (AvgIpc) is 1.88. The molecule has 1 aliphatic heterocycles. The first-order valence-corrected chi connectivity index (χ1v) is 2.99. The number of rotatable bonds is 1. The average molecular weight is 130 g/mol. The monoisotopic (exact) mass is 130 g/mol. The molecule has 0 aromatic rings. The highest BCUT2D eigenvalue weighted by Crippen LogP contribution is 2.08. The van der Waals surface area contributed by atoms with Crippen LogP contribution in [0.2, 0.25) is 0 Å². The van der Waals surface area contributed by atoms with Crippen LogP contribution in [-0.2, 0) is 14.3 Å². The third-order valence-electron chi connectivity index (χ3n) is 1.34. The Morgan fingerprint density at radius 2 is 2.56 bits per heavy atom. The van der Waals surface area contributed by atoms with Crippen molar-refractivity contribution in [2.75, 3.05) is 13.7 Å². The van der Waals surface area contributed by atoms with E-state index in [1.807, 2.05) is 0 Å². The summed E-state index contributed by atoms with van der Waals surface area (Å²) in [5.41, 5.74) is 0. The highest BCUT2D eigenvalue weighted by Gasteiger charge is 2.18. The number of ketones is 1. The number of hydrogen-bond donors (Lipinski definition) is 0. The van der Waals surface area contributed by atoms with Crippen molar-refractivity contribution in [3.63, 3.8) is 0 Å². The first-order valence-electron chi connectivity index (χ1n) is 2.99. The molecule has 1 heterocycles. The minimum absolute atomic E-state index is 0.230. The van der Waals surface area contributed by atoms with E-state index in [9.17, 15) is 4.79 Å². The Morgan fingerprint density at radius 3 is 3.00 bits per heavy atom. The summed E-state index contributed by atoms with van der Waals surface area (Å²) in [5, 5.41) is 0. The molecular formula is C6H10O3. The largest absolute Gasteiger partial charge is 0.355 e. The minimum atomic E-state index is -0.286. The molecule has 0 amide bonds. The van der Waals surface area contributed by atoms with Gasteiger partial charge in [0.25, 0.3) is 0 Å². The topological polar surface area (TPSA) is 35.5 Å². The number of carbonyl (C=O) groups is 1. The van der Waals surface area contributed by atoms with Crippen LogP contribution in [0.1, 0.15) is 12.8 Å². The summed E-state index contributed by atoms with van der Waals surface area (Å²) in [7, 11) is 1.54. The fourth-order valence-corrected chi connectivity index (χ4v) is 0.802. The van der Waals surface area contributed by atoms with Crippen LogP contribution in [0, 0.1) is 0 Å². The predicted molar refractivity (Wildman–Crippen MR) is 31.0 cm³/mol. The lowest BCUT2D eigenvalue weighted by Gasteiger charge is -2.19. The lowest BCUT2D eigenvalue weighted by Crippen LogP contribution is -2.26. The fraction of sp³-hybridized carbons (Fsp3) is 0.833. The Hall–Kier alpha value is -0.410. The lowest BCUT2D eigenvalue weighted by molar-refractivity contribution is -0.161. The number of Topliss-reactive ketones (excluding diaryl/α,β-unsaturated/α-hetero) is 1. The fourth-order valence-electron chi connectivity index (χ4n) is 0.802. The summed E-state index contributed by atoms with van der Waals surface area (Å²) >= 11 is 0. The quantitative estimate of drug-likeness (QED) is 0.513. The van der Waals surface area contributed by atoms with E-state index in [4.69, 9.17) is 9.47 Å². The molecule has 0 N–H and O–H groups in total. The van der Waals surface area contributed by atoms with E-state index in [1.165, 1.54) is 0 Å². The van der Waals surface area contributed by atoms with Crippen LogP contribution in [-0.4, -0.2) is 25.8 Å². The molecule has 3 heteroatoms. The van der Waals surface area contributed by atoms with Gasteiger partial charge in [0.15, 0.2) is 6.29 Å². The molecule has 3 nitrogen and oxygen atoms in total. The molecule has 0 spiro atoms. The summed E-state index contributed by atoms with van der Waals surface area (Å²) in [4.78, 5) is 10.7. The summed E-state index contributed by atoms with van der Waals surface area (Å²) in [6.45, 7) is 0.511. The van der Waals surface area contributed by atoms with Crippen LogP contribution >= 0.6 is 0 Å². The van der Waals surface area contributed by atoms with Gasteiger partial charge in [-0.1, -0.05) is 0 Å². The van der Waals surface area contributed by atoms with Crippen LogP contribution in [0.5, 0.6) is 0 Å². The van der Waals surface area contributed by atoms with E-state index in [0.29, 0.717) is 19.4 Å². The smallest absolute Gasteiger partial charge is 0.164 e. The molecule has 0 radical (unpaired) electrons. The predicted octanol–water partition coefficient (Wildman–Crippen LogP) is 0.338. The summed E-state index contributed by atoms with van der Waals surface area (Å²) in [5.74, 6) is 0.230. The number of carbonyl (C=O) groups excluding carboxylic acids is 1. The summed E-state index contributed by atoms with van der Waals surface area (Å²) in [6.07, 6.45) is 0.669. The van der Waals surface area contributed by atoms with Crippen molar-refractivity contribution in [1.29, 1.82) is 0 Å². The van der Waals surface area contributed by atoms with E-state index in [2.05, 4.69) is 0 Å². The maximum Gasteiger partial charge on any atom is 0.164 e. The molecule has 0 aromatic carbocycles. The molecule has 1 saturated heterocycles. The Bertz CT molecular complexity index is 111. The van der Waals surface area contributed by atoms with Gasteiger partial charge < -0.3 is 9.47 Å². The highest BCUT2D eigenvalue weighted by atomic mass is 16.7. The molecule has 0 saturated carbocycles. The van der Waals surface area contributed by atoms with Crippen LogP contribution in [0.3, 0.4) is 0 Å². The van der Waals surface area contributed by atoms with Gasteiger partial charge in [0.1, 0.15) is 5.78 Å². The second-order valence-electron chi connectivity index (χ2n) is 2.03. The minimum Gasteiger partial charge on any atom is -0.355 e. The van der Waals surface area contributed by atoms with E-state index >= 15 is 0 Å². The molecule has 0 unspecified atom stereocenters. The van der Waals surface area contributed by atoms with Crippen LogP contribution < -0.4 is 0 Å². The number of ether oxygens (including phenoxy) is 2. The van der Waals surface area contributed by atoms with E-state index in [-0.39, 0.29) is 12.1 Å². The van der Waals surface area contributed by atoms with Crippen molar-refractivity contribution < 1.29 is 14.3 Å². The normalized spacial score (nSPS) is 28.6. The van der Waals surface area contributed by atoms with Crippen LogP contribution in [0.4, 0.5) is 0 Å². The lowest BCUT2D eigenvalue weighted by atomic mass is 10.2. The maximum atomic E-state index is 10.7. The van der Waals surface area contributed by atoms with Crippen LogP contribution in [0.25, 0.3) is 0 Å². The Balaban J connectivity index is 2.32. The van der Waals surface area contributed by atoms with Gasteiger partial charge in [0.05, 0.1) is 13.0 Å². The van der Waals surface area contributed by atoms with Gasteiger partial charge in [-0.25, -0.2) is 0 Å². The third kappa shape index (κ3) is 1.77. The molecular weight excluding hydrogens is 120 g/mol. The summed E-state index contributed by atoms with van der Waals surface area (Å²) in [6, 6.07) is 0. The molecule has 9 heavy (non-hydrogen) atoms. The van der Waals surface area contributed by atoms with Gasteiger partial charge in [-0.15, -0.1) is 0 Å². The second-order valence-corrected chi connectivity index (χ2v) is 2.03. The zero-order valence-electron chi connectivity index (χ0n) is 5.42. The Morgan fingerprint density at radius 1 is 1.78 bits per heavy atom. The zero-order chi connectivity index (χ0) is 6.69. The van der Waals surface area contributed by atoms with Crippen molar-refractivity contribution in [3.05, 3.63) is 0 Å². The molecule has 1 rings (SSSR count). The van der Waals surface area contributed by atoms with Gasteiger partial charge >= 0.3 is 0 Å². The number of methoxy groups -OCH3 is 1. The molecule has 0 aromatic heterocycles. The van der Waals surface area contributed by atoms with Gasteiger partial charge in [0, 0.05) is 13.5 Å². The first kappa shape index (κ1) is 6.71. The van der Waals surface area contributed by atoms with Crippen LogP contribution in [0.15, 0.2) is 0 Å². The third-order valence-corrected chi connectivity index (χ3v) is 1.34. The summed E-state index contributed by atoms with van der Waals surface area (Å²) < 4.78 is 9.87. The van der Waals surface area contributed by atoms with Crippen molar-refractivity contribution >= 4 is 5.78 Å². The second kappa shape index (κ2) is 2.94. The highest BCUT2D eigenvalue weighted by molar-refractivity contribution is 5.79. The zero-order valence-corrected chi connectivity index (χ0v) is 5.42.